The van der Waals surface area contributed by atoms with Crippen LogP contribution in [0.25, 0.3) is 0 Å². The highest BCUT2D eigenvalue weighted by atomic mass is 35.5. The monoisotopic (exact) mass is 269 g/mol. The van der Waals surface area contributed by atoms with Gasteiger partial charge in [-0.25, -0.2) is 9.97 Å². The van der Waals surface area contributed by atoms with Gasteiger partial charge in [-0.1, -0.05) is 46.2 Å². The van der Waals surface area contributed by atoms with E-state index in [2.05, 4.69) is 49.9 Å². The van der Waals surface area contributed by atoms with Gasteiger partial charge in [0.1, 0.15) is 16.8 Å². The summed E-state index contributed by atoms with van der Waals surface area (Å²) >= 11 is 6.00. The molecule has 1 unspecified atom stereocenters. The molecule has 1 aromatic heterocycles. The number of hydrogen-bond donors (Lipinski definition) is 1. The number of nitrogens with zero attached hydrogens (tertiary/aromatic N) is 2. The second-order valence-corrected chi connectivity index (χ2v) is 6.28. The van der Waals surface area contributed by atoms with Crippen LogP contribution in [-0.4, -0.2) is 16.5 Å². The van der Waals surface area contributed by atoms with Gasteiger partial charge < -0.3 is 5.32 Å². The normalized spacial score (nSPS) is 13.4. The first-order valence-corrected chi connectivity index (χ1v) is 6.98. The first-order valence-electron chi connectivity index (χ1n) is 6.60. The van der Waals surface area contributed by atoms with Crippen LogP contribution >= 0.6 is 11.6 Å². The number of nitrogens with one attached hydrogen (secondary N) is 1. The molecule has 1 N–H and O–H groups in total. The van der Waals surface area contributed by atoms with E-state index < -0.39 is 0 Å². The number of rotatable bonds is 5. The number of hydrogen-bond acceptors (Lipinski definition) is 3. The average Bonchev–Trinajstić information content (AvgIpc) is 2.24. The second-order valence-electron chi connectivity index (χ2n) is 5.89. The summed E-state index contributed by atoms with van der Waals surface area (Å²) in [5, 5.41) is 3.87. The van der Waals surface area contributed by atoms with E-state index in [4.69, 9.17) is 11.6 Å². The fourth-order valence-corrected chi connectivity index (χ4v) is 1.66. The zero-order valence-corrected chi connectivity index (χ0v) is 12.8. The Labute approximate surface area is 115 Å². The lowest BCUT2D eigenvalue weighted by Gasteiger charge is -2.27. The van der Waals surface area contributed by atoms with E-state index in [-0.39, 0.29) is 5.41 Å². The summed E-state index contributed by atoms with van der Waals surface area (Å²) in [6, 6.07) is 1.79. The summed E-state index contributed by atoms with van der Waals surface area (Å²) < 4.78 is 0. The molecule has 0 saturated heterocycles. The molecule has 0 aliphatic rings. The Morgan fingerprint density at radius 2 is 2.00 bits per heavy atom. The molecule has 0 aliphatic carbocycles. The summed E-state index contributed by atoms with van der Waals surface area (Å²) in [6.45, 7) is 12.0. The Bertz CT molecular complexity index is 385. The second kappa shape index (κ2) is 6.37. The molecule has 0 amide bonds. The number of aromatic nitrogens is 2. The summed E-state index contributed by atoms with van der Waals surface area (Å²) in [5.74, 6) is 2.20. The summed E-state index contributed by atoms with van der Waals surface area (Å²) in [4.78, 5) is 8.68. The molecular formula is C14H24ClN3. The van der Waals surface area contributed by atoms with Gasteiger partial charge in [0, 0.05) is 19.0 Å². The van der Waals surface area contributed by atoms with Crippen molar-refractivity contribution in [2.24, 2.45) is 11.3 Å². The molecule has 1 atom stereocenters. The van der Waals surface area contributed by atoms with Gasteiger partial charge in [-0.3, -0.25) is 0 Å². The Morgan fingerprint density at radius 3 is 2.56 bits per heavy atom. The molecule has 0 bridgehead atoms. The lowest BCUT2D eigenvalue weighted by Crippen LogP contribution is -2.25. The Morgan fingerprint density at radius 1 is 1.33 bits per heavy atom. The van der Waals surface area contributed by atoms with Crippen LogP contribution in [0.5, 0.6) is 0 Å². The van der Waals surface area contributed by atoms with E-state index in [1.807, 2.05) is 0 Å². The van der Waals surface area contributed by atoms with Crippen molar-refractivity contribution >= 4 is 17.4 Å². The van der Waals surface area contributed by atoms with Crippen molar-refractivity contribution in [3.05, 3.63) is 17.0 Å². The molecule has 0 aliphatic heterocycles. The fourth-order valence-electron chi connectivity index (χ4n) is 1.45. The molecule has 1 rings (SSSR count). The highest BCUT2D eigenvalue weighted by Gasteiger charge is 2.19. The molecular weight excluding hydrogens is 246 g/mol. The number of anilines is 1. The molecule has 0 radical (unpaired) electrons. The summed E-state index contributed by atoms with van der Waals surface area (Å²) in [5.41, 5.74) is 0.288. The zero-order chi connectivity index (χ0) is 13.8. The summed E-state index contributed by atoms with van der Waals surface area (Å²) in [7, 11) is 0. The molecule has 0 aromatic carbocycles. The standard InChI is InChI=1S/C14H24ClN3/c1-6-7-12-17-11(15)8-13(18-12)16-9-10(2)14(3,4)5/h8,10H,6-7,9H2,1-5H3,(H,16,17,18). The van der Waals surface area contributed by atoms with Crippen molar-refractivity contribution < 1.29 is 0 Å². The zero-order valence-electron chi connectivity index (χ0n) is 12.0. The van der Waals surface area contributed by atoms with E-state index in [0.717, 1.165) is 31.0 Å². The van der Waals surface area contributed by atoms with Crippen molar-refractivity contribution in [3.8, 4) is 0 Å². The maximum atomic E-state index is 6.00. The minimum Gasteiger partial charge on any atom is -0.370 e. The largest absolute Gasteiger partial charge is 0.370 e. The Balaban J connectivity index is 2.67. The van der Waals surface area contributed by atoms with Gasteiger partial charge >= 0.3 is 0 Å². The maximum Gasteiger partial charge on any atom is 0.134 e. The number of halogens is 1. The van der Waals surface area contributed by atoms with E-state index >= 15 is 0 Å². The molecule has 0 saturated carbocycles. The van der Waals surface area contributed by atoms with Gasteiger partial charge in [-0.05, 0) is 17.8 Å². The highest BCUT2D eigenvalue weighted by molar-refractivity contribution is 6.29. The van der Waals surface area contributed by atoms with Crippen molar-refractivity contribution in [1.82, 2.24) is 9.97 Å². The van der Waals surface area contributed by atoms with Crippen LogP contribution in [0, 0.1) is 11.3 Å². The third kappa shape index (κ3) is 4.81. The van der Waals surface area contributed by atoms with E-state index in [1.165, 1.54) is 0 Å². The lowest BCUT2D eigenvalue weighted by atomic mass is 9.82. The van der Waals surface area contributed by atoms with Crippen molar-refractivity contribution in [3.63, 3.8) is 0 Å². The average molecular weight is 270 g/mol. The molecule has 102 valence electrons. The number of aryl methyl sites for hydroxylation is 1. The first-order chi connectivity index (χ1) is 8.32. The van der Waals surface area contributed by atoms with Crippen LogP contribution in [0.1, 0.15) is 46.9 Å². The molecule has 3 nitrogen and oxygen atoms in total. The predicted molar refractivity (Wildman–Crippen MR) is 78.1 cm³/mol. The summed E-state index contributed by atoms with van der Waals surface area (Å²) in [6.07, 6.45) is 1.89. The molecule has 0 spiro atoms. The van der Waals surface area contributed by atoms with Gasteiger partial charge in [0.25, 0.3) is 0 Å². The van der Waals surface area contributed by atoms with Crippen LogP contribution in [0.3, 0.4) is 0 Å². The van der Waals surface area contributed by atoms with Crippen LogP contribution in [0.15, 0.2) is 6.07 Å². The third-order valence-corrected chi connectivity index (χ3v) is 3.48. The minimum absolute atomic E-state index is 0.288. The van der Waals surface area contributed by atoms with Gasteiger partial charge in [-0.15, -0.1) is 0 Å². The van der Waals surface area contributed by atoms with E-state index in [1.54, 1.807) is 6.07 Å². The smallest absolute Gasteiger partial charge is 0.134 e. The van der Waals surface area contributed by atoms with E-state index in [9.17, 15) is 0 Å². The van der Waals surface area contributed by atoms with Gasteiger partial charge in [-0.2, -0.15) is 0 Å². The molecule has 18 heavy (non-hydrogen) atoms. The maximum absolute atomic E-state index is 6.00. The SMILES string of the molecule is CCCc1nc(Cl)cc(NCC(C)C(C)(C)C)n1. The third-order valence-electron chi connectivity index (χ3n) is 3.28. The quantitative estimate of drug-likeness (QED) is 0.815. The fraction of sp³-hybridized carbons (Fsp3) is 0.714. The lowest BCUT2D eigenvalue weighted by molar-refractivity contribution is 0.274. The molecule has 1 aromatic rings. The van der Waals surface area contributed by atoms with Crippen LogP contribution in [-0.2, 0) is 6.42 Å². The minimum atomic E-state index is 0.288. The van der Waals surface area contributed by atoms with Crippen LogP contribution in [0.2, 0.25) is 5.15 Å². The highest BCUT2D eigenvalue weighted by Crippen LogP contribution is 2.25. The van der Waals surface area contributed by atoms with Crippen molar-refractivity contribution in [2.45, 2.75) is 47.5 Å². The van der Waals surface area contributed by atoms with Crippen molar-refractivity contribution in [1.29, 1.82) is 0 Å². The molecule has 4 heteroatoms. The Kier molecular flexibility index (Phi) is 5.39. The predicted octanol–water partition coefficient (Wildman–Crippen LogP) is 4.18. The molecule has 1 heterocycles. The topological polar surface area (TPSA) is 37.8 Å². The van der Waals surface area contributed by atoms with Crippen LogP contribution in [0.4, 0.5) is 5.82 Å². The van der Waals surface area contributed by atoms with E-state index in [0.29, 0.717) is 11.1 Å². The van der Waals surface area contributed by atoms with Gasteiger partial charge in [0.2, 0.25) is 0 Å². The van der Waals surface area contributed by atoms with Gasteiger partial charge in [0.05, 0.1) is 0 Å². The Hall–Kier alpha value is -0.830. The first kappa shape index (κ1) is 15.2. The van der Waals surface area contributed by atoms with Crippen molar-refractivity contribution in [2.75, 3.05) is 11.9 Å². The van der Waals surface area contributed by atoms with Gasteiger partial charge in [0.15, 0.2) is 0 Å². The molecule has 0 fully saturated rings. The van der Waals surface area contributed by atoms with Crippen LogP contribution < -0.4 is 5.32 Å².